The van der Waals surface area contributed by atoms with Crippen molar-refractivity contribution in [3.05, 3.63) is 5.94 Å². The van der Waals surface area contributed by atoms with Gasteiger partial charge in [0.05, 0.1) is 0 Å². The molecule has 1 radical (unpaired) electrons. The van der Waals surface area contributed by atoms with E-state index in [9.17, 15) is 8.42 Å². The fraction of sp³-hybridized carbons (Fsp3) is 0.500. The quantitative estimate of drug-likeness (QED) is 0.512. The smallest absolute Gasteiger partial charge is 0.296 e. The normalized spacial score (nSPS) is 11.7. The van der Waals surface area contributed by atoms with Crippen LogP contribution in [0.15, 0.2) is 0 Å². The second-order valence-electron chi connectivity index (χ2n) is 0.847. The molecule has 0 saturated carbocycles. The molecule has 0 aliphatic rings. The Balaban J connectivity index is 3.60. The van der Waals surface area contributed by atoms with Gasteiger partial charge in [-0.1, -0.05) is 0 Å². The van der Waals surface area contributed by atoms with Crippen molar-refractivity contribution in [2.24, 2.45) is 0 Å². The predicted octanol–water partition coefficient (Wildman–Crippen LogP) is -0.360. The zero-order valence-corrected chi connectivity index (χ0v) is 4.47. The van der Waals surface area contributed by atoms with Gasteiger partial charge in [0.15, 0.2) is 0 Å². The second-order valence-corrected chi connectivity index (χ2v) is 2.07. The van der Waals surface area contributed by atoms with Gasteiger partial charge in [0.25, 0.3) is 10.1 Å². The van der Waals surface area contributed by atoms with Crippen molar-refractivity contribution in [2.45, 2.75) is 0 Å². The van der Waals surface area contributed by atoms with Crippen LogP contribution >= 0.6 is 0 Å². The lowest BCUT2D eigenvalue weighted by molar-refractivity contribution is 0.297. The van der Waals surface area contributed by atoms with Gasteiger partial charge in [-0.15, -0.1) is 0 Å². The van der Waals surface area contributed by atoms with Crippen LogP contribution in [0.1, 0.15) is 0 Å². The third-order valence-corrected chi connectivity index (χ3v) is 0.653. The van der Waals surface area contributed by atoms with Gasteiger partial charge in [0, 0.05) is 7.11 Å². The first kappa shape index (κ1) is 6.87. The van der Waals surface area contributed by atoms with Gasteiger partial charge in [-0.05, 0) is 0 Å². The molecule has 0 rings (SSSR count). The highest BCUT2D eigenvalue weighted by atomic mass is 32.2. The minimum Gasteiger partial charge on any atom is -0.360 e. The van der Waals surface area contributed by atoms with Crippen LogP contribution in [0.25, 0.3) is 0 Å². The van der Waals surface area contributed by atoms with Gasteiger partial charge < -0.3 is 4.74 Å². The van der Waals surface area contributed by atoms with Crippen molar-refractivity contribution in [3.8, 4) is 0 Å². The Bertz CT molecular complexity index is 123. The van der Waals surface area contributed by atoms with Crippen LogP contribution < -0.4 is 0 Å². The molecular formula is C2H5O4S. The van der Waals surface area contributed by atoms with Crippen LogP contribution in [0.5, 0.6) is 0 Å². The summed E-state index contributed by atoms with van der Waals surface area (Å²) in [4.78, 5) is 0. The Morgan fingerprint density at radius 1 is 1.71 bits per heavy atom. The predicted molar refractivity (Wildman–Crippen MR) is 22.9 cm³/mol. The average molecular weight is 125 g/mol. The maximum absolute atomic E-state index is 9.61. The molecule has 0 bridgehead atoms. The van der Waals surface area contributed by atoms with E-state index in [0.717, 1.165) is 7.11 Å². The first-order valence-electron chi connectivity index (χ1n) is 1.40. The summed E-state index contributed by atoms with van der Waals surface area (Å²) < 4.78 is 31.0. The zero-order valence-electron chi connectivity index (χ0n) is 3.66. The summed E-state index contributed by atoms with van der Waals surface area (Å²) in [5.41, 5.74) is 0. The molecule has 1 N–H and O–H groups in total. The van der Waals surface area contributed by atoms with Crippen LogP contribution in [0.2, 0.25) is 0 Å². The largest absolute Gasteiger partial charge is 0.360 e. The Morgan fingerprint density at radius 3 is 2.14 bits per heavy atom. The maximum Gasteiger partial charge on any atom is 0.296 e. The van der Waals surface area contributed by atoms with Crippen LogP contribution in [0.4, 0.5) is 0 Å². The fourth-order valence-electron chi connectivity index (χ4n) is 0.122. The molecule has 0 amide bonds. The van der Waals surface area contributed by atoms with Gasteiger partial charge in [0.1, 0.15) is 0 Å². The molecule has 4 nitrogen and oxygen atoms in total. The van der Waals surface area contributed by atoms with Crippen molar-refractivity contribution in [1.82, 2.24) is 0 Å². The number of ether oxygens (including phenoxy) is 1. The maximum atomic E-state index is 9.61. The average Bonchev–Trinajstić information content (AvgIpc) is 1.30. The Hall–Kier alpha value is -0.130. The van der Waals surface area contributed by atoms with E-state index in [2.05, 4.69) is 4.74 Å². The minimum absolute atomic E-state index is 0.340. The lowest BCUT2D eigenvalue weighted by atomic mass is 11.5. The molecule has 7 heavy (non-hydrogen) atoms. The van der Waals surface area contributed by atoms with Gasteiger partial charge in [-0.3, -0.25) is 4.55 Å². The third-order valence-electron chi connectivity index (χ3n) is 0.218. The number of rotatable bonds is 2. The highest BCUT2D eigenvalue weighted by Crippen LogP contribution is 1.86. The number of hydrogen-bond acceptors (Lipinski definition) is 3. The lowest BCUT2D eigenvalue weighted by Gasteiger charge is -1.87. The highest BCUT2D eigenvalue weighted by Gasteiger charge is 2.00. The molecule has 0 aromatic heterocycles. The van der Waals surface area contributed by atoms with Crippen LogP contribution in [0.3, 0.4) is 0 Å². The van der Waals surface area contributed by atoms with Crippen molar-refractivity contribution in [1.29, 1.82) is 0 Å². The summed E-state index contributed by atoms with van der Waals surface area (Å²) in [6.07, 6.45) is 0. The summed E-state index contributed by atoms with van der Waals surface area (Å²) in [6.45, 7) is 0. The molecule has 0 saturated heterocycles. The first-order valence-corrected chi connectivity index (χ1v) is 2.90. The summed E-state index contributed by atoms with van der Waals surface area (Å²) >= 11 is 0. The van der Waals surface area contributed by atoms with Gasteiger partial charge in [0.2, 0.25) is 5.94 Å². The molecule has 0 aliphatic carbocycles. The summed E-state index contributed by atoms with van der Waals surface area (Å²) in [6, 6.07) is 0. The zero-order chi connectivity index (χ0) is 5.91. The van der Waals surface area contributed by atoms with E-state index >= 15 is 0 Å². The lowest BCUT2D eigenvalue weighted by Crippen LogP contribution is -1.97. The molecule has 43 valence electrons. The fourth-order valence-corrected chi connectivity index (χ4v) is 0.365. The monoisotopic (exact) mass is 125 g/mol. The van der Waals surface area contributed by atoms with Crippen molar-refractivity contribution < 1.29 is 17.7 Å². The van der Waals surface area contributed by atoms with Crippen molar-refractivity contribution in [2.75, 3.05) is 7.11 Å². The molecule has 0 heterocycles. The van der Waals surface area contributed by atoms with E-state index in [1.54, 1.807) is 0 Å². The Morgan fingerprint density at radius 2 is 2.14 bits per heavy atom. The molecule has 0 unspecified atom stereocenters. The summed E-state index contributed by atoms with van der Waals surface area (Å²) in [7, 11) is -2.89. The molecule has 0 spiro atoms. The van der Waals surface area contributed by atoms with Gasteiger partial charge in [-0.2, -0.15) is 8.42 Å². The molecule has 0 aliphatic heterocycles. The highest BCUT2D eigenvalue weighted by molar-refractivity contribution is 7.87. The molecule has 5 heteroatoms. The summed E-state index contributed by atoms with van der Waals surface area (Å²) in [5, 5.41) is 0. The first-order chi connectivity index (χ1) is 3.06. The van der Waals surface area contributed by atoms with E-state index in [1.807, 2.05) is 0 Å². The van der Waals surface area contributed by atoms with Crippen molar-refractivity contribution >= 4 is 10.1 Å². The van der Waals surface area contributed by atoms with Crippen LogP contribution in [0, 0.1) is 5.94 Å². The van der Waals surface area contributed by atoms with Gasteiger partial charge >= 0.3 is 0 Å². The number of methoxy groups -OCH3 is 1. The molecule has 0 atom stereocenters. The van der Waals surface area contributed by atoms with E-state index in [1.165, 1.54) is 0 Å². The Labute approximate surface area is 41.8 Å². The molecule has 0 fully saturated rings. The minimum atomic E-state index is -4.02. The molecule has 0 aromatic carbocycles. The molecule has 0 aromatic rings. The van der Waals surface area contributed by atoms with E-state index < -0.39 is 10.1 Å². The SMILES string of the molecule is CO[CH]S(=O)(=O)O. The third kappa shape index (κ3) is 5.87. The topological polar surface area (TPSA) is 63.6 Å². The van der Waals surface area contributed by atoms with Crippen molar-refractivity contribution in [3.63, 3.8) is 0 Å². The van der Waals surface area contributed by atoms with E-state index in [4.69, 9.17) is 4.55 Å². The standard InChI is InChI=1S/C2H5O4S/c1-6-2-7(3,4)5/h2H,1H3,(H,3,4,5). The van der Waals surface area contributed by atoms with Crippen LogP contribution in [-0.2, 0) is 14.9 Å². The Kier molecular flexibility index (Phi) is 2.21. The van der Waals surface area contributed by atoms with Gasteiger partial charge in [-0.25, -0.2) is 0 Å². The molecular weight excluding hydrogens is 120 g/mol. The second kappa shape index (κ2) is 2.25. The van der Waals surface area contributed by atoms with E-state index in [-0.39, 0.29) is 0 Å². The number of hydrogen-bond donors (Lipinski definition) is 1. The summed E-state index contributed by atoms with van der Waals surface area (Å²) in [5.74, 6) is 0.340. The van der Waals surface area contributed by atoms with E-state index in [0.29, 0.717) is 5.94 Å². The van der Waals surface area contributed by atoms with Crippen LogP contribution in [-0.4, -0.2) is 20.1 Å².